The zero-order valence-corrected chi connectivity index (χ0v) is 10.2. The molecule has 0 saturated heterocycles. The van der Waals surface area contributed by atoms with Gasteiger partial charge < -0.3 is 5.32 Å². The van der Waals surface area contributed by atoms with Crippen LogP contribution >= 0.6 is 11.3 Å². The predicted molar refractivity (Wildman–Crippen MR) is 65.3 cm³/mol. The summed E-state index contributed by atoms with van der Waals surface area (Å²) in [6.45, 7) is 0. The van der Waals surface area contributed by atoms with Crippen molar-refractivity contribution in [1.82, 2.24) is 5.32 Å². The van der Waals surface area contributed by atoms with Crippen LogP contribution < -0.4 is 5.32 Å². The van der Waals surface area contributed by atoms with E-state index in [4.69, 9.17) is 0 Å². The molecule has 2 unspecified atom stereocenters. The van der Waals surface area contributed by atoms with E-state index in [-0.39, 0.29) is 0 Å². The van der Waals surface area contributed by atoms with Crippen molar-refractivity contribution in [1.29, 1.82) is 0 Å². The van der Waals surface area contributed by atoms with Gasteiger partial charge in [-0.05, 0) is 55.7 Å². The predicted octanol–water partition coefficient (Wildman–Crippen LogP) is 3.30. The Morgan fingerprint density at radius 2 is 2.33 bits per heavy atom. The van der Waals surface area contributed by atoms with Crippen LogP contribution in [0.5, 0.6) is 0 Å². The maximum Gasteiger partial charge on any atom is 0.0471 e. The maximum absolute atomic E-state index is 3.67. The van der Waals surface area contributed by atoms with Gasteiger partial charge in [0.25, 0.3) is 0 Å². The summed E-state index contributed by atoms with van der Waals surface area (Å²) in [4.78, 5) is 1.64. The quantitative estimate of drug-likeness (QED) is 0.767. The highest BCUT2D eigenvalue weighted by molar-refractivity contribution is 7.10. The fourth-order valence-electron chi connectivity index (χ4n) is 3.69. The minimum absolute atomic E-state index is 0.339. The van der Waals surface area contributed by atoms with Crippen molar-refractivity contribution in [3.05, 3.63) is 21.9 Å². The van der Waals surface area contributed by atoms with E-state index in [1.807, 2.05) is 11.3 Å². The Balaban J connectivity index is 2.08. The Morgan fingerprint density at radius 3 is 3.20 bits per heavy atom. The summed E-state index contributed by atoms with van der Waals surface area (Å²) in [6, 6.07) is 2.37. The van der Waals surface area contributed by atoms with Crippen LogP contribution in [0.3, 0.4) is 0 Å². The average molecular weight is 221 g/mol. The molecule has 0 aromatic carbocycles. The number of nitrogens with one attached hydrogen (secondary N) is 1. The van der Waals surface area contributed by atoms with E-state index in [1.165, 1.54) is 38.5 Å². The number of fused-ring (bicyclic) bond motifs is 3. The summed E-state index contributed by atoms with van der Waals surface area (Å²) in [5, 5.41) is 5.95. The third-order valence-electron chi connectivity index (χ3n) is 4.46. The summed E-state index contributed by atoms with van der Waals surface area (Å²) in [7, 11) is 2.16. The second-order valence-corrected chi connectivity index (χ2v) is 5.96. The third kappa shape index (κ3) is 1.31. The Hall–Kier alpha value is -0.340. The van der Waals surface area contributed by atoms with Gasteiger partial charge in [0.15, 0.2) is 0 Å². The molecular weight excluding hydrogens is 202 g/mol. The molecule has 1 N–H and O–H groups in total. The molecule has 1 aromatic heterocycles. The van der Waals surface area contributed by atoms with Crippen LogP contribution in [-0.4, -0.2) is 7.05 Å². The minimum Gasteiger partial charge on any atom is -0.310 e. The molecule has 0 spiro atoms. The maximum atomic E-state index is 3.67. The molecular formula is C13H19NS. The summed E-state index contributed by atoms with van der Waals surface area (Å²) in [5.41, 5.74) is 1.97. The van der Waals surface area contributed by atoms with Gasteiger partial charge in [-0.15, -0.1) is 11.3 Å². The molecule has 0 radical (unpaired) electrons. The lowest BCUT2D eigenvalue weighted by molar-refractivity contribution is 0.131. The highest BCUT2D eigenvalue weighted by Gasteiger charge is 2.44. The van der Waals surface area contributed by atoms with Gasteiger partial charge >= 0.3 is 0 Å². The van der Waals surface area contributed by atoms with Crippen molar-refractivity contribution < 1.29 is 0 Å². The van der Waals surface area contributed by atoms with Gasteiger partial charge in [-0.3, -0.25) is 0 Å². The van der Waals surface area contributed by atoms with Gasteiger partial charge in [-0.1, -0.05) is 12.8 Å². The minimum atomic E-state index is 0.339. The molecule has 2 atom stereocenters. The fraction of sp³-hybridized carbons (Fsp3) is 0.692. The van der Waals surface area contributed by atoms with Gasteiger partial charge in [0.05, 0.1) is 0 Å². The number of hydrogen-bond acceptors (Lipinski definition) is 2. The number of thiophene rings is 1. The van der Waals surface area contributed by atoms with Crippen molar-refractivity contribution in [3.63, 3.8) is 0 Å². The summed E-state index contributed by atoms with van der Waals surface area (Å²) < 4.78 is 0. The van der Waals surface area contributed by atoms with Crippen LogP contribution in [0.1, 0.15) is 42.5 Å². The van der Waals surface area contributed by atoms with Gasteiger partial charge in [0.2, 0.25) is 0 Å². The van der Waals surface area contributed by atoms with E-state index in [2.05, 4.69) is 23.8 Å². The SMILES string of the molecule is CNC12CCCCC1CCc1sccc12. The second-order valence-electron chi connectivity index (χ2n) is 4.96. The lowest BCUT2D eigenvalue weighted by Crippen LogP contribution is -2.50. The molecule has 1 heterocycles. The second kappa shape index (κ2) is 3.60. The summed E-state index contributed by atoms with van der Waals surface area (Å²) >= 11 is 1.96. The fourth-order valence-corrected chi connectivity index (χ4v) is 4.67. The number of hydrogen-bond donors (Lipinski definition) is 1. The van der Waals surface area contributed by atoms with E-state index >= 15 is 0 Å². The van der Waals surface area contributed by atoms with Gasteiger partial charge in [0.1, 0.15) is 0 Å². The van der Waals surface area contributed by atoms with Crippen LogP contribution in [0.2, 0.25) is 0 Å². The molecule has 0 amide bonds. The third-order valence-corrected chi connectivity index (χ3v) is 5.44. The van der Waals surface area contributed by atoms with E-state index < -0.39 is 0 Å². The molecule has 1 aromatic rings. The van der Waals surface area contributed by atoms with Crippen LogP contribution in [0.25, 0.3) is 0 Å². The molecule has 0 bridgehead atoms. The van der Waals surface area contributed by atoms with Crippen LogP contribution in [-0.2, 0) is 12.0 Å². The first kappa shape index (κ1) is 9.86. The Morgan fingerprint density at radius 1 is 1.40 bits per heavy atom. The van der Waals surface area contributed by atoms with E-state index in [1.54, 1.807) is 10.4 Å². The summed E-state index contributed by atoms with van der Waals surface area (Å²) in [6.07, 6.45) is 8.32. The number of rotatable bonds is 1. The van der Waals surface area contributed by atoms with E-state index in [9.17, 15) is 0 Å². The summed E-state index contributed by atoms with van der Waals surface area (Å²) in [5.74, 6) is 0.887. The van der Waals surface area contributed by atoms with Crippen molar-refractivity contribution in [2.45, 2.75) is 44.1 Å². The van der Waals surface area contributed by atoms with Crippen molar-refractivity contribution in [3.8, 4) is 0 Å². The molecule has 1 nitrogen and oxygen atoms in total. The zero-order valence-electron chi connectivity index (χ0n) is 9.38. The highest BCUT2D eigenvalue weighted by atomic mass is 32.1. The number of aryl methyl sites for hydroxylation is 1. The van der Waals surface area contributed by atoms with E-state index in [0.717, 1.165) is 5.92 Å². The topological polar surface area (TPSA) is 12.0 Å². The first-order valence-corrected chi connectivity index (χ1v) is 7.00. The molecule has 2 heteroatoms. The molecule has 3 rings (SSSR count). The lowest BCUT2D eigenvalue weighted by Gasteiger charge is -2.47. The molecule has 15 heavy (non-hydrogen) atoms. The van der Waals surface area contributed by atoms with Gasteiger partial charge in [0, 0.05) is 10.4 Å². The highest BCUT2D eigenvalue weighted by Crippen LogP contribution is 2.49. The van der Waals surface area contributed by atoms with Crippen molar-refractivity contribution >= 4 is 11.3 Å². The molecule has 0 aliphatic heterocycles. The molecule has 2 aliphatic carbocycles. The Bertz CT molecular complexity index is 357. The first-order chi connectivity index (χ1) is 7.37. The van der Waals surface area contributed by atoms with Crippen LogP contribution in [0.4, 0.5) is 0 Å². The molecule has 82 valence electrons. The molecule has 2 aliphatic rings. The van der Waals surface area contributed by atoms with E-state index in [0.29, 0.717) is 5.54 Å². The Labute approximate surface area is 95.9 Å². The molecule has 1 saturated carbocycles. The standard InChI is InChI=1S/C13H19NS/c1-14-13-8-3-2-4-10(13)5-6-12-11(13)7-9-15-12/h7,9-10,14H,2-6,8H2,1H3. The van der Waals surface area contributed by atoms with Crippen molar-refractivity contribution in [2.24, 2.45) is 5.92 Å². The van der Waals surface area contributed by atoms with Gasteiger partial charge in [-0.25, -0.2) is 0 Å². The Kier molecular flexibility index (Phi) is 2.37. The monoisotopic (exact) mass is 221 g/mol. The van der Waals surface area contributed by atoms with Crippen molar-refractivity contribution in [2.75, 3.05) is 7.05 Å². The van der Waals surface area contributed by atoms with Gasteiger partial charge in [-0.2, -0.15) is 0 Å². The average Bonchev–Trinajstić information content (AvgIpc) is 2.77. The van der Waals surface area contributed by atoms with Crippen LogP contribution in [0, 0.1) is 5.92 Å². The zero-order chi connectivity index (χ0) is 10.3. The smallest absolute Gasteiger partial charge is 0.0471 e. The lowest BCUT2D eigenvalue weighted by atomic mass is 9.64. The molecule has 1 fully saturated rings. The van der Waals surface area contributed by atoms with Crippen LogP contribution in [0.15, 0.2) is 11.4 Å². The first-order valence-electron chi connectivity index (χ1n) is 6.12. The largest absolute Gasteiger partial charge is 0.310 e. The normalized spacial score (nSPS) is 34.6.